The lowest BCUT2D eigenvalue weighted by Crippen LogP contribution is -2.11. The summed E-state index contributed by atoms with van der Waals surface area (Å²) in [7, 11) is 4.25. The van der Waals surface area contributed by atoms with Crippen LogP contribution in [0.25, 0.3) is 0 Å². The van der Waals surface area contributed by atoms with Gasteiger partial charge >= 0.3 is 12.0 Å². The lowest BCUT2D eigenvalue weighted by molar-refractivity contribution is 0.0693. The number of hydrogen-bond donors (Lipinski definition) is 1. The molecule has 0 fully saturated rings. The topological polar surface area (TPSA) is 112 Å². The monoisotopic (exact) mass is 361 g/mol. The second-order valence-corrected chi connectivity index (χ2v) is 5.14. The van der Waals surface area contributed by atoms with Crippen molar-refractivity contribution >= 4 is 11.7 Å². The lowest BCUT2D eigenvalue weighted by Gasteiger charge is -2.14. The summed E-state index contributed by atoms with van der Waals surface area (Å²) in [5.41, 5.74) is 1.25. The number of aromatic carboxylic acids is 1. The summed E-state index contributed by atoms with van der Waals surface area (Å²) in [6.45, 7) is 3.35. The predicted octanol–water partition coefficient (Wildman–Crippen LogP) is 2.66. The van der Waals surface area contributed by atoms with Crippen LogP contribution in [-0.4, -0.2) is 48.1 Å². The van der Waals surface area contributed by atoms with E-state index in [2.05, 4.69) is 15.1 Å². The molecular formula is C17H19N3O6. The van der Waals surface area contributed by atoms with Crippen molar-refractivity contribution in [1.29, 1.82) is 0 Å². The van der Waals surface area contributed by atoms with Crippen molar-refractivity contribution < 1.29 is 28.9 Å². The molecule has 138 valence electrons. The molecule has 0 bridgehead atoms. The molecular weight excluding hydrogens is 342 g/mol. The third kappa shape index (κ3) is 4.00. The average molecular weight is 361 g/mol. The van der Waals surface area contributed by atoms with Gasteiger partial charge in [-0.2, -0.15) is 9.97 Å². The number of carboxylic acid groups (broad SMARTS) is 1. The minimum atomic E-state index is -1.18. The zero-order chi connectivity index (χ0) is 19.3. The maximum atomic E-state index is 11.9. The number of rotatable bonds is 7. The third-order valence-corrected chi connectivity index (χ3v) is 3.46. The number of nitrogens with zero attached hydrogens (tertiary/aromatic N) is 3. The Kier molecular flexibility index (Phi) is 5.94. The van der Waals surface area contributed by atoms with E-state index in [0.717, 1.165) is 0 Å². The molecule has 0 amide bonds. The molecule has 1 aromatic carbocycles. The maximum absolute atomic E-state index is 11.9. The SMILES string of the molecule is CON=C(C)c1ccc(C)c(Oc2nc(OC)cc(OC)n2)c1C(=O)O. The number of benzene rings is 1. The van der Waals surface area contributed by atoms with Crippen molar-refractivity contribution in [1.82, 2.24) is 9.97 Å². The Balaban J connectivity index is 2.61. The number of hydrogen-bond acceptors (Lipinski definition) is 8. The number of aromatic nitrogens is 2. The van der Waals surface area contributed by atoms with Gasteiger partial charge in [0.15, 0.2) is 0 Å². The number of methoxy groups -OCH3 is 2. The van der Waals surface area contributed by atoms with Crippen molar-refractivity contribution in [3.05, 3.63) is 34.9 Å². The molecule has 2 rings (SSSR count). The standard InChI is InChI=1S/C17H19N3O6/c1-9-6-7-11(10(2)20-25-5)14(16(21)22)15(9)26-17-18-12(23-3)8-13(19-17)24-4/h6-8H,1-5H3,(H,21,22). The maximum Gasteiger partial charge on any atom is 0.340 e. The molecule has 9 heteroatoms. The van der Waals surface area contributed by atoms with Crippen LogP contribution in [0.5, 0.6) is 23.5 Å². The number of ether oxygens (including phenoxy) is 3. The molecule has 0 unspecified atom stereocenters. The van der Waals surface area contributed by atoms with Crippen LogP contribution in [0, 0.1) is 6.92 Å². The van der Waals surface area contributed by atoms with E-state index in [9.17, 15) is 9.90 Å². The molecule has 0 atom stereocenters. The first-order valence-corrected chi connectivity index (χ1v) is 7.51. The molecule has 2 aromatic rings. The quantitative estimate of drug-likeness (QED) is 0.592. The van der Waals surface area contributed by atoms with Gasteiger partial charge in [0.25, 0.3) is 0 Å². The van der Waals surface area contributed by atoms with Gasteiger partial charge in [-0.25, -0.2) is 4.79 Å². The van der Waals surface area contributed by atoms with Gasteiger partial charge in [-0.15, -0.1) is 0 Å². The lowest BCUT2D eigenvalue weighted by atomic mass is 9.99. The van der Waals surface area contributed by atoms with Crippen molar-refractivity contribution in [2.75, 3.05) is 21.3 Å². The minimum absolute atomic E-state index is 0.0753. The summed E-state index contributed by atoms with van der Waals surface area (Å²) < 4.78 is 15.8. The first kappa shape index (κ1) is 19.0. The van der Waals surface area contributed by atoms with E-state index in [1.807, 2.05) is 0 Å². The zero-order valence-corrected chi connectivity index (χ0v) is 15.1. The molecule has 0 saturated carbocycles. The van der Waals surface area contributed by atoms with E-state index >= 15 is 0 Å². The summed E-state index contributed by atoms with van der Waals surface area (Å²) in [6, 6.07) is 4.72. The first-order valence-electron chi connectivity index (χ1n) is 7.51. The summed E-state index contributed by atoms with van der Waals surface area (Å²) in [4.78, 5) is 24.7. The normalized spacial score (nSPS) is 11.0. The van der Waals surface area contributed by atoms with Gasteiger partial charge in [-0.05, 0) is 19.4 Å². The average Bonchev–Trinajstić information content (AvgIpc) is 2.62. The van der Waals surface area contributed by atoms with Crippen LogP contribution in [0.15, 0.2) is 23.4 Å². The molecule has 0 aliphatic rings. The smallest absolute Gasteiger partial charge is 0.340 e. The minimum Gasteiger partial charge on any atom is -0.481 e. The largest absolute Gasteiger partial charge is 0.481 e. The third-order valence-electron chi connectivity index (χ3n) is 3.46. The van der Waals surface area contributed by atoms with Crippen LogP contribution in [0.3, 0.4) is 0 Å². The molecule has 0 aliphatic heterocycles. The van der Waals surface area contributed by atoms with Crippen LogP contribution in [0.1, 0.15) is 28.4 Å². The fraction of sp³-hybridized carbons (Fsp3) is 0.294. The van der Waals surface area contributed by atoms with Crippen molar-refractivity contribution in [3.8, 4) is 23.5 Å². The molecule has 9 nitrogen and oxygen atoms in total. The fourth-order valence-corrected chi connectivity index (χ4v) is 2.25. The molecule has 0 aliphatic carbocycles. The Labute approximate surface area is 150 Å². The van der Waals surface area contributed by atoms with Crippen molar-refractivity contribution in [3.63, 3.8) is 0 Å². The van der Waals surface area contributed by atoms with E-state index in [1.165, 1.54) is 27.4 Å². The molecule has 0 spiro atoms. The Morgan fingerprint density at radius 3 is 2.23 bits per heavy atom. The van der Waals surface area contributed by atoms with Gasteiger partial charge in [0.1, 0.15) is 18.4 Å². The number of carboxylic acids is 1. The fourth-order valence-electron chi connectivity index (χ4n) is 2.25. The van der Waals surface area contributed by atoms with E-state index in [1.54, 1.807) is 26.0 Å². The Morgan fingerprint density at radius 2 is 1.73 bits per heavy atom. The molecule has 1 aromatic heterocycles. The van der Waals surface area contributed by atoms with E-state index in [0.29, 0.717) is 16.8 Å². The zero-order valence-electron chi connectivity index (χ0n) is 15.1. The van der Waals surface area contributed by atoms with Gasteiger partial charge in [0, 0.05) is 5.56 Å². The molecule has 0 saturated heterocycles. The molecule has 1 heterocycles. The molecule has 26 heavy (non-hydrogen) atoms. The van der Waals surface area contributed by atoms with Crippen LogP contribution in [0.2, 0.25) is 0 Å². The highest BCUT2D eigenvalue weighted by Crippen LogP contribution is 2.32. The first-order chi connectivity index (χ1) is 12.4. The highest BCUT2D eigenvalue weighted by Gasteiger charge is 2.23. The Hall–Kier alpha value is -3.36. The highest BCUT2D eigenvalue weighted by molar-refractivity contribution is 6.09. The second-order valence-electron chi connectivity index (χ2n) is 5.14. The Bertz CT molecular complexity index is 828. The second kappa shape index (κ2) is 8.15. The summed E-state index contributed by atoms with van der Waals surface area (Å²) in [5.74, 6) is -0.653. The van der Waals surface area contributed by atoms with E-state index in [4.69, 9.17) is 19.0 Å². The van der Waals surface area contributed by atoms with Gasteiger partial charge in [-0.1, -0.05) is 17.3 Å². The number of aryl methyl sites for hydroxylation is 1. The van der Waals surface area contributed by atoms with Gasteiger partial charge in [0.05, 0.1) is 26.0 Å². The molecule has 1 N–H and O–H groups in total. The molecule has 0 radical (unpaired) electrons. The van der Waals surface area contributed by atoms with Gasteiger partial charge in [-0.3, -0.25) is 0 Å². The summed E-state index contributed by atoms with van der Waals surface area (Å²) in [5, 5.41) is 13.5. The Morgan fingerprint density at radius 1 is 1.12 bits per heavy atom. The van der Waals surface area contributed by atoms with Gasteiger partial charge < -0.3 is 24.2 Å². The van der Waals surface area contributed by atoms with Crippen LogP contribution < -0.4 is 14.2 Å². The van der Waals surface area contributed by atoms with Gasteiger partial charge in [0.2, 0.25) is 11.8 Å². The van der Waals surface area contributed by atoms with Crippen LogP contribution in [-0.2, 0) is 4.84 Å². The van der Waals surface area contributed by atoms with Crippen LogP contribution in [0.4, 0.5) is 0 Å². The highest BCUT2D eigenvalue weighted by atomic mass is 16.6. The van der Waals surface area contributed by atoms with E-state index < -0.39 is 5.97 Å². The van der Waals surface area contributed by atoms with E-state index in [-0.39, 0.29) is 29.1 Å². The van der Waals surface area contributed by atoms with Crippen molar-refractivity contribution in [2.45, 2.75) is 13.8 Å². The predicted molar refractivity (Wildman–Crippen MR) is 92.6 cm³/mol. The number of carbonyl (C=O) groups is 1. The van der Waals surface area contributed by atoms with Crippen LogP contribution >= 0.6 is 0 Å². The summed E-state index contributed by atoms with van der Waals surface area (Å²) in [6.07, 6.45) is 0. The number of oxime groups is 1. The van der Waals surface area contributed by atoms with Crippen molar-refractivity contribution in [2.24, 2.45) is 5.16 Å². The summed E-state index contributed by atoms with van der Waals surface area (Å²) >= 11 is 0.